The average Bonchev–Trinajstić information content (AvgIpc) is 3.42. The Bertz CT molecular complexity index is 1450. The number of aromatic nitrogens is 2. The van der Waals surface area contributed by atoms with Crippen molar-refractivity contribution in [3.8, 4) is 17.2 Å². The molecule has 3 aromatic carbocycles. The third kappa shape index (κ3) is 5.08. The van der Waals surface area contributed by atoms with Gasteiger partial charge in [-0.3, -0.25) is 9.59 Å². The Morgan fingerprint density at radius 3 is 2.42 bits per heavy atom. The zero-order chi connectivity index (χ0) is 25.1. The Kier molecular flexibility index (Phi) is 6.69. The van der Waals surface area contributed by atoms with Gasteiger partial charge in [0.1, 0.15) is 11.6 Å². The van der Waals surface area contributed by atoms with E-state index in [1.807, 2.05) is 4.90 Å². The van der Waals surface area contributed by atoms with Crippen LogP contribution in [-0.4, -0.2) is 33.7 Å². The minimum atomic E-state index is -0.502. The summed E-state index contributed by atoms with van der Waals surface area (Å²) in [7, 11) is 0. The summed E-state index contributed by atoms with van der Waals surface area (Å²) in [6.45, 7) is 1.53. The van der Waals surface area contributed by atoms with Crippen LogP contribution in [0.15, 0.2) is 83.8 Å². The van der Waals surface area contributed by atoms with Crippen LogP contribution in [0.4, 0.5) is 15.8 Å². The van der Waals surface area contributed by atoms with E-state index in [9.17, 15) is 14.0 Å². The number of amides is 1. The van der Waals surface area contributed by atoms with Crippen molar-refractivity contribution in [3.63, 3.8) is 0 Å². The highest BCUT2D eigenvalue weighted by Gasteiger charge is 2.20. The zero-order valence-electron chi connectivity index (χ0n) is 19.2. The Balaban J connectivity index is 1.49. The predicted molar refractivity (Wildman–Crippen MR) is 136 cm³/mol. The molecule has 1 saturated heterocycles. The van der Waals surface area contributed by atoms with Gasteiger partial charge in [-0.1, -0.05) is 17.7 Å². The maximum absolute atomic E-state index is 13.5. The molecule has 1 fully saturated rings. The normalized spacial score (nSPS) is 13.0. The van der Waals surface area contributed by atoms with E-state index >= 15 is 0 Å². The van der Waals surface area contributed by atoms with Gasteiger partial charge in [0.25, 0.3) is 11.5 Å². The fourth-order valence-corrected chi connectivity index (χ4v) is 4.18. The zero-order valence-corrected chi connectivity index (χ0v) is 19.9. The van der Waals surface area contributed by atoms with Gasteiger partial charge in [0.2, 0.25) is 0 Å². The molecule has 5 rings (SSSR count). The van der Waals surface area contributed by atoms with Gasteiger partial charge in [0, 0.05) is 29.4 Å². The highest BCUT2D eigenvalue weighted by atomic mass is 35.5. The second-order valence-electron chi connectivity index (χ2n) is 8.34. The number of hydrogen-bond acceptors (Lipinski definition) is 5. The number of ether oxygens (including phenoxy) is 1. The van der Waals surface area contributed by atoms with E-state index in [-0.39, 0.29) is 17.3 Å². The van der Waals surface area contributed by atoms with Gasteiger partial charge in [-0.25, -0.2) is 4.39 Å². The molecule has 1 aliphatic rings. The van der Waals surface area contributed by atoms with Crippen LogP contribution in [0.5, 0.6) is 11.5 Å². The molecule has 0 spiro atoms. The first-order chi connectivity index (χ1) is 17.5. The molecule has 1 amide bonds. The average molecular weight is 505 g/mol. The van der Waals surface area contributed by atoms with E-state index < -0.39 is 11.4 Å². The van der Waals surface area contributed by atoms with E-state index in [4.69, 9.17) is 16.3 Å². The number of likely N-dealkylation sites (tertiary alicyclic amines) is 1. The van der Waals surface area contributed by atoms with Crippen molar-refractivity contribution in [1.29, 1.82) is 0 Å². The van der Waals surface area contributed by atoms with Crippen LogP contribution < -0.4 is 15.6 Å². The summed E-state index contributed by atoms with van der Waals surface area (Å²) >= 11 is 6.08. The number of halogens is 2. The van der Waals surface area contributed by atoms with Gasteiger partial charge in [-0.2, -0.15) is 9.78 Å². The molecule has 0 saturated carbocycles. The lowest BCUT2D eigenvalue weighted by Gasteiger charge is -2.16. The fraction of sp³-hybridized carbons (Fsp3) is 0.148. The molecule has 7 nitrogen and oxygen atoms in total. The Morgan fingerprint density at radius 1 is 1.00 bits per heavy atom. The third-order valence-electron chi connectivity index (χ3n) is 5.83. The fourth-order valence-electron chi connectivity index (χ4n) is 4.00. The Morgan fingerprint density at radius 2 is 1.72 bits per heavy atom. The number of carbonyl (C=O) groups is 1. The maximum Gasteiger partial charge on any atom is 0.299 e. The van der Waals surface area contributed by atoms with Crippen LogP contribution in [0.3, 0.4) is 0 Å². The quantitative estimate of drug-likeness (QED) is 0.359. The maximum atomic E-state index is 13.5. The van der Waals surface area contributed by atoms with E-state index in [2.05, 4.69) is 10.4 Å². The first kappa shape index (κ1) is 23.6. The summed E-state index contributed by atoms with van der Waals surface area (Å²) in [6.07, 6.45) is 3.44. The molecule has 1 aromatic heterocycles. The summed E-state index contributed by atoms with van der Waals surface area (Å²) in [5, 5.41) is 7.80. The minimum absolute atomic E-state index is 0.00777. The first-order valence-corrected chi connectivity index (χ1v) is 11.8. The van der Waals surface area contributed by atoms with E-state index in [1.165, 1.54) is 30.5 Å². The largest absolute Gasteiger partial charge is 0.453 e. The second-order valence-corrected chi connectivity index (χ2v) is 8.77. The minimum Gasteiger partial charge on any atom is -0.453 e. The van der Waals surface area contributed by atoms with Crippen molar-refractivity contribution in [3.05, 3.63) is 106 Å². The number of nitrogens with zero attached hydrogens (tertiary/aromatic N) is 3. The van der Waals surface area contributed by atoms with Gasteiger partial charge in [-0.05, 0) is 79.6 Å². The predicted octanol–water partition coefficient (Wildman–Crippen LogP) is 5.80. The van der Waals surface area contributed by atoms with Gasteiger partial charge in [0.05, 0.1) is 11.9 Å². The van der Waals surface area contributed by atoms with Gasteiger partial charge in [-0.15, -0.1) is 0 Å². The lowest BCUT2D eigenvalue weighted by Crippen LogP contribution is -2.27. The first-order valence-electron chi connectivity index (χ1n) is 11.5. The van der Waals surface area contributed by atoms with Crippen molar-refractivity contribution in [2.75, 3.05) is 18.4 Å². The summed E-state index contributed by atoms with van der Waals surface area (Å²) < 4.78 is 20.5. The Hall–Kier alpha value is -4.17. The topological polar surface area (TPSA) is 76.5 Å². The number of benzene rings is 3. The van der Waals surface area contributed by atoms with E-state index in [0.717, 1.165) is 30.6 Å². The Labute approximate surface area is 211 Å². The molecular formula is C27H22ClFN4O3. The van der Waals surface area contributed by atoms with Gasteiger partial charge < -0.3 is 15.0 Å². The highest BCUT2D eigenvalue weighted by molar-refractivity contribution is 6.30. The monoisotopic (exact) mass is 504 g/mol. The molecule has 0 aliphatic carbocycles. The van der Waals surface area contributed by atoms with Crippen molar-refractivity contribution in [2.45, 2.75) is 12.8 Å². The molecule has 0 unspecified atom stereocenters. The summed E-state index contributed by atoms with van der Waals surface area (Å²) in [4.78, 5) is 28.0. The molecule has 1 aliphatic heterocycles. The molecule has 0 atom stereocenters. The molecule has 2 heterocycles. The van der Waals surface area contributed by atoms with Crippen LogP contribution in [-0.2, 0) is 0 Å². The standard InChI is InChI=1S/C27H22ClFN4O3/c28-19-4-3-5-23(16-19)36-24-17-30-33(22-12-8-20(29)9-13-22)27(35)25(24)31-21-10-6-18(7-11-21)26(34)32-14-1-2-15-32/h3-13,16-17,31H,1-2,14-15H2. The number of nitrogens with one attached hydrogen (secondary N) is 1. The van der Waals surface area contributed by atoms with Crippen LogP contribution in [0, 0.1) is 5.82 Å². The van der Waals surface area contributed by atoms with Crippen molar-refractivity contribution in [1.82, 2.24) is 14.7 Å². The molecular weight excluding hydrogens is 483 g/mol. The molecule has 1 N–H and O–H groups in total. The van der Waals surface area contributed by atoms with Gasteiger partial charge >= 0.3 is 0 Å². The SMILES string of the molecule is O=C(c1ccc(Nc2c(Oc3cccc(Cl)c3)cnn(-c3ccc(F)cc3)c2=O)cc1)N1CCCC1. The number of carbonyl (C=O) groups excluding carboxylic acids is 1. The van der Waals surface area contributed by atoms with E-state index in [0.29, 0.717) is 27.7 Å². The van der Waals surface area contributed by atoms with Crippen LogP contribution >= 0.6 is 11.6 Å². The number of rotatable bonds is 6. The molecule has 4 aromatic rings. The molecule has 36 heavy (non-hydrogen) atoms. The molecule has 0 radical (unpaired) electrons. The van der Waals surface area contributed by atoms with Crippen LogP contribution in [0.1, 0.15) is 23.2 Å². The van der Waals surface area contributed by atoms with Gasteiger partial charge in [0.15, 0.2) is 11.4 Å². The summed E-state index contributed by atoms with van der Waals surface area (Å²) in [5.41, 5.74) is 1.17. The molecule has 182 valence electrons. The van der Waals surface area contributed by atoms with Crippen molar-refractivity contribution >= 4 is 28.9 Å². The number of anilines is 2. The lowest BCUT2D eigenvalue weighted by atomic mass is 10.2. The highest BCUT2D eigenvalue weighted by Crippen LogP contribution is 2.30. The van der Waals surface area contributed by atoms with Crippen LogP contribution in [0.2, 0.25) is 5.02 Å². The summed E-state index contributed by atoms with van der Waals surface area (Å²) in [5.74, 6) is 0.178. The molecule has 0 bridgehead atoms. The van der Waals surface area contributed by atoms with Crippen molar-refractivity contribution < 1.29 is 13.9 Å². The number of hydrogen-bond donors (Lipinski definition) is 1. The van der Waals surface area contributed by atoms with Crippen molar-refractivity contribution in [2.24, 2.45) is 0 Å². The lowest BCUT2D eigenvalue weighted by molar-refractivity contribution is 0.0793. The molecule has 9 heteroatoms. The van der Waals surface area contributed by atoms with Crippen LogP contribution in [0.25, 0.3) is 5.69 Å². The second kappa shape index (κ2) is 10.2. The smallest absolute Gasteiger partial charge is 0.299 e. The third-order valence-corrected chi connectivity index (χ3v) is 6.07. The summed E-state index contributed by atoms with van der Waals surface area (Å²) in [6, 6.07) is 19.1. The van der Waals surface area contributed by atoms with E-state index in [1.54, 1.807) is 48.5 Å².